The van der Waals surface area contributed by atoms with E-state index >= 15 is 0 Å². The molecule has 3 heterocycles. The van der Waals surface area contributed by atoms with Crippen LogP contribution in [0.3, 0.4) is 0 Å². The van der Waals surface area contributed by atoms with Gasteiger partial charge in [0.1, 0.15) is 38.3 Å². The highest BCUT2D eigenvalue weighted by Crippen LogP contribution is 2.34. The molecule has 0 aromatic carbocycles. The average molecular weight is 585 g/mol. The predicted molar refractivity (Wildman–Crippen MR) is 138 cm³/mol. The minimum absolute atomic E-state index is 0.279. The SMILES string of the molecule is O=C([O-])/C=C/C(=O)O.O=C([O-])/C=C/C(=O)O.OCC[NH+]1CC[NH+](CCC(O)(c2ccsc2)c2ccsc2)CC1. The molecule has 2 aromatic heterocycles. The lowest BCUT2D eigenvalue weighted by Crippen LogP contribution is -3.28. The van der Waals surface area contributed by atoms with Crippen LogP contribution in [0, 0.1) is 0 Å². The molecule has 0 bridgehead atoms. The molecule has 0 unspecified atom stereocenters. The number of thiophene rings is 2. The smallest absolute Gasteiger partial charge is 0.328 e. The maximum Gasteiger partial charge on any atom is 0.328 e. The number of carbonyl (C=O) groups is 4. The third-order valence-electron chi connectivity index (χ3n) is 5.69. The summed E-state index contributed by atoms with van der Waals surface area (Å²) in [6.07, 6.45) is 2.64. The van der Waals surface area contributed by atoms with Gasteiger partial charge in [-0.1, -0.05) is 0 Å². The van der Waals surface area contributed by atoms with Crippen LogP contribution in [-0.2, 0) is 24.8 Å². The normalized spacial score (nSPS) is 17.1. The van der Waals surface area contributed by atoms with Crippen molar-refractivity contribution in [3.05, 3.63) is 69.1 Å². The van der Waals surface area contributed by atoms with E-state index in [-0.39, 0.29) is 6.61 Å². The number of quaternary nitrogens is 2. The molecule has 14 heteroatoms. The molecule has 0 spiro atoms. The number of aliphatic hydroxyl groups excluding tert-OH is 1. The highest BCUT2D eigenvalue weighted by Gasteiger charge is 2.34. The maximum atomic E-state index is 11.4. The Morgan fingerprint density at radius 1 is 0.795 bits per heavy atom. The van der Waals surface area contributed by atoms with Crippen LogP contribution >= 0.6 is 22.7 Å². The molecule has 6 N–H and O–H groups in total. The van der Waals surface area contributed by atoms with Gasteiger partial charge in [-0.15, -0.1) is 0 Å². The van der Waals surface area contributed by atoms with Gasteiger partial charge in [0.2, 0.25) is 0 Å². The van der Waals surface area contributed by atoms with Crippen molar-refractivity contribution in [1.29, 1.82) is 0 Å². The number of hydrogen-bond donors (Lipinski definition) is 6. The third kappa shape index (κ3) is 13.8. The summed E-state index contributed by atoms with van der Waals surface area (Å²) in [5.41, 5.74) is 1.18. The van der Waals surface area contributed by atoms with Crippen LogP contribution in [0.1, 0.15) is 17.5 Å². The number of rotatable bonds is 11. The number of hydrogen-bond acceptors (Lipinski definition) is 10. The van der Waals surface area contributed by atoms with Gasteiger partial charge in [0.25, 0.3) is 0 Å². The van der Waals surface area contributed by atoms with Crippen LogP contribution in [0.2, 0.25) is 0 Å². The number of piperazine rings is 1. The Morgan fingerprint density at radius 2 is 1.21 bits per heavy atom. The Balaban J connectivity index is 0.000000393. The first-order valence-electron chi connectivity index (χ1n) is 11.8. The van der Waals surface area contributed by atoms with Crippen molar-refractivity contribution in [2.24, 2.45) is 0 Å². The zero-order valence-electron chi connectivity index (χ0n) is 21.0. The third-order valence-corrected chi connectivity index (χ3v) is 7.06. The van der Waals surface area contributed by atoms with E-state index in [4.69, 9.17) is 15.3 Å². The first-order chi connectivity index (χ1) is 18.5. The van der Waals surface area contributed by atoms with Gasteiger partial charge in [0, 0.05) is 18.6 Å². The number of carboxylic acids is 4. The van der Waals surface area contributed by atoms with E-state index in [1.54, 1.807) is 27.6 Å². The molecule has 2 aromatic rings. The highest BCUT2D eigenvalue weighted by atomic mass is 32.1. The molecule has 0 atom stereocenters. The summed E-state index contributed by atoms with van der Waals surface area (Å²) >= 11 is 3.28. The molecular formula is C25H32N2O10S2. The Morgan fingerprint density at radius 3 is 1.49 bits per heavy atom. The van der Waals surface area contributed by atoms with Crippen molar-refractivity contribution in [2.45, 2.75) is 12.0 Å². The fourth-order valence-corrected chi connectivity index (χ4v) is 5.15. The monoisotopic (exact) mass is 584 g/mol. The zero-order valence-corrected chi connectivity index (χ0v) is 22.6. The van der Waals surface area contributed by atoms with Gasteiger partial charge in [-0.2, -0.15) is 22.7 Å². The lowest BCUT2D eigenvalue weighted by atomic mass is 9.86. The van der Waals surface area contributed by atoms with Gasteiger partial charge in [-0.3, -0.25) is 0 Å². The number of carbonyl (C=O) groups excluding carboxylic acids is 2. The lowest BCUT2D eigenvalue weighted by molar-refractivity contribution is -1.01. The molecule has 3 rings (SSSR count). The Hall–Kier alpha value is -3.40. The largest absolute Gasteiger partial charge is 0.545 e. The van der Waals surface area contributed by atoms with Gasteiger partial charge >= 0.3 is 11.9 Å². The topological polar surface area (TPSA) is 204 Å². The molecule has 214 valence electrons. The molecule has 12 nitrogen and oxygen atoms in total. The molecular weight excluding hydrogens is 552 g/mol. The zero-order chi connectivity index (χ0) is 29.3. The molecule has 1 aliphatic heterocycles. The van der Waals surface area contributed by atoms with Gasteiger partial charge < -0.3 is 50.0 Å². The van der Waals surface area contributed by atoms with Crippen molar-refractivity contribution in [1.82, 2.24) is 0 Å². The van der Waals surface area contributed by atoms with E-state index < -0.39 is 29.5 Å². The minimum atomic E-state index is -1.51. The fraction of sp³-hybridized carbons (Fsp3) is 0.360. The Bertz CT molecular complexity index is 976. The second-order valence-corrected chi connectivity index (χ2v) is 9.90. The molecule has 0 amide bonds. The summed E-state index contributed by atoms with van der Waals surface area (Å²) < 4.78 is 0. The van der Waals surface area contributed by atoms with E-state index in [1.807, 2.05) is 22.9 Å². The van der Waals surface area contributed by atoms with E-state index in [9.17, 15) is 34.5 Å². The summed E-state index contributed by atoms with van der Waals surface area (Å²) in [6.45, 7) is 6.60. The summed E-state index contributed by atoms with van der Waals surface area (Å²) in [7, 11) is 0. The quantitative estimate of drug-likeness (QED) is 0.141. The standard InChI is InChI=1S/C17H24N2O2S2.2C4H4O4/c20-10-9-19-7-5-18(6-8-19)4-3-17(21,15-1-11-22-13-15)16-2-12-23-14-16;2*5-3(6)1-2-4(7)8/h1-2,11-14,20-21H,3-10H2;2*1-2H,(H,5,6)(H,7,8)/b;2*2-1+. The molecule has 1 saturated heterocycles. The Labute approximate surface area is 233 Å². The van der Waals surface area contributed by atoms with Crippen LogP contribution in [0.5, 0.6) is 0 Å². The van der Waals surface area contributed by atoms with Gasteiger partial charge in [0.05, 0.1) is 25.1 Å². The predicted octanol–water partition coefficient (Wildman–Crippen LogP) is -4.03. The fourth-order valence-electron chi connectivity index (χ4n) is 3.71. The lowest BCUT2D eigenvalue weighted by Gasteiger charge is -2.32. The van der Waals surface area contributed by atoms with Crippen LogP contribution in [0.25, 0.3) is 0 Å². The second-order valence-electron chi connectivity index (χ2n) is 8.34. The van der Waals surface area contributed by atoms with Gasteiger partial charge in [0.15, 0.2) is 0 Å². The van der Waals surface area contributed by atoms with E-state index in [1.165, 1.54) is 4.90 Å². The Kier molecular flexibility index (Phi) is 15.5. The summed E-state index contributed by atoms with van der Waals surface area (Å²) in [5, 5.41) is 63.1. The van der Waals surface area contributed by atoms with E-state index in [0.717, 1.165) is 56.8 Å². The number of aliphatic carboxylic acids is 4. The summed E-state index contributed by atoms with van der Waals surface area (Å²) in [5.74, 6) is -5.61. The van der Waals surface area contributed by atoms with E-state index in [0.29, 0.717) is 24.3 Å². The van der Waals surface area contributed by atoms with Crippen molar-refractivity contribution < 1.29 is 59.6 Å². The first-order valence-corrected chi connectivity index (χ1v) is 13.7. The van der Waals surface area contributed by atoms with Crippen LogP contribution in [0.4, 0.5) is 0 Å². The van der Waals surface area contributed by atoms with Gasteiger partial charge in [-0.05, 0) is 56.9 Å². The van der Waals surface area contributed by atoms with E-state index in [2.05, 4.69) is 10.8 Å². The molecule has 1 fully saturated rings. The van der Waals surface area contributed by atoms with Crippen LogP contribution < -0.4 is 20.0 Å². The first kappa shape index (κ1) is 33.6. The summed E-state index contributed by atoms with van der Waals surface area (Å²) in [6, 6.07) is 4.09. The van der Waals surface area contributed by atoms with Crippen LogP contribution in [0.15, 0.2) is 58.0 Å². The summed E-state index contributed by atoms with van der Waals surface area (Å²) in [4.78, 5) is 41.0. The highest BCUT2D eigenvalue weighted by molar-refractivity contribution is 7.08. The molecule has 0 saturated carbocycles. The number of carboxylic acid groups (broad SMARTS) is 4. The van der Waals surface area contributed by atoms with Crippen molar-refractivity contribution in [2.75, 3.05) is 45.9 Å². The number of nitrogens with one attached hydrogen (secondary N) is 2. The molecule has 39 heavy (non-hydrogen) atoms. The van der Waals surface area contributed by atoms with Crippen molar-refractivity contribution in [3.63, 3.8) is 0 Å². The number of aliphatic hydroxyl groups is 2. The van der Waals surface area contributed by atoms with Crippen molar-refractivity contribution >= 4 is 46.6 Å². The average Bonchev–Trinajstić information content (AvgIpc) is 3.62. The van der Waals surface area contributed by atoms with Crippen LogP contribution in [-0.4, -0.2) is 90.2 Å². The molecule has 0 aliphatic carbocycles. The molecule has 0 radical (unpaired) electrons. The second kappa shape index (κ2) is 18.0. The minimum Gasteiger partial charge on any atom is -0.545 e. The van der Waals surface area contributed by atoms with Gasteiger partial charge in [-0.25, -0.2) is 9.59 Å². The molecule has 1 aliphatic rings. The maximum absolute atomic E-state index is 11.4. The van der Waals surface area contributed by atoms with Crippen molar-refractivity contribution in [3.8, 4) is 0 Å².